The molecule has 0 spiro atoms. The molecule has 124 valence electrons. The quantitative estimate of drug-likeness (QED) is 0.671. The van der Waals surface area contributed by atoms with Gasteiger partial charge >= 0.3 is 12.1 Å². The van der Waals surface area contributed by atoms with Crippen LogP contribution in [0.1, 0.15) is 0 Å². The molecule has 3 heterocycles. The molecule has 0 unspecified atom stereocenters. The van der Waals surface area contributed by atoms with Gasteiger partial charge in [-0.15, -0.1) is 0 Å². The number of nitrogens with zero attached hydrogens (tertiary/aromatic N) is 2. The first-order chi connectivity index (χ1) is 11.0. The van der Waals surface area contributed by atoms with Gasteiger partial charge in [-0.3, -0.25) is 0 Å². The van der Waals surface area contributed by atoms with Crippen LogP contribution >= 0.6 is 0 Å². The predicted octanol–water partition coefficient (Wildman–Crippen LogP) is 0.131. The second-order valence-electron chi connectivity index (χ2n) is 5.58. The van der Waals surface area contributed by atoms with Crippen LogP contribution in [0.25, 0.3) is 0 Å². The molecule has 1 fully saturated rings. The van der Waals surface area contributed by atoms with Gasteiger partial charge in [0.1, 0.15) is 12.4 Å². The summed E-state index contributed by atoms with van der Waals surface area (Å²) in [4.78, 5) is 28.3. The minimum atomic E-state index is -1.06. The van der Waals surface area contributed by atoms with Crippen LogP contribution in [0.2, 0.25) is 0 Å². The third-order valence-corrected chi connectivity index (χ3v) is 3.89. The van der Waals surface area contributed by atoms with E-state index in [1.807, 2.05) is 18.0 Å². The van der Waals surface area contributed by atoms with Crippen molar-refractivity contribution in [2.24, 2.45) is 5.92 Å². The van der Waals surface area contributed by atoms with Crippen molar-refractivity contribution >= 4 is 23.6 Å². The molecule has 0 radical (unpaired) electrons. The van der Waals surface area contributed by atoms with Crippen molar-refractivity contribution in [1.29, 1.82) is 0 Å². The normalized spacial score (nSPS) is 22.7. The van der Waals surface area contributed by atoms with Gasteiger partial charge in [0.2, 0.25) is 5.88 Å². The van der Waals surface area contributed by atoms with Crippen LogP contribution in [0.4, 0.5) is 16.3 Å². The Balaban J connectivity index is 1.68. The Morgan fingerprint density at radius 3 is 3.13 bits per heavy atom. The molecule has 3 N–H and O–H groups in total. The molecule has 3 rings (SSSR count). The van der Waals surface area contributed by atoms with E-state index in [-0.39, 0.29) is 30.4 Å². The number of anilines is 2. The molecule has 1 saturated heterocycles. The van der Waals surface area contributed by atoms with E-state index in [1.54, 1.807) is 6.07 Å². The largest absolute Gasteiger partial charge is 0.465 e. The van der Waals surface area contributed by atoms with Gasteiger partial charge in [-0.1, -0.05) is 0 Å². The number of rotatable bonds is 4. The number of esters is 1. The summed E-state index contributed by atoms with van der Waals surface area (Å²) in [5, 5.41) is 14.3. The standard InChI is InChI=1S/C14H18N4O5/c1-18(5-8-6-22-7-10(8)16-14(20)21)11-3-2-9-13(17-11)23-12(19)4-15-9/h2-3,8,10,15-16H,4-7H2,1H3,(H,20,21)/t8-,10-/m0/s1. The molecule has 2 aliphatic heterocycles. The average molecular weight is 322 g/mol. The maximum absolute atomic E-state index is 11.3. The number of aromatic nitrogens is 1. The third kappa shape index (κ3) is 3.45. The SMILES string of the molecule is CN(C[C@H]1COC[C@@H]1NC(=O)O)c1ccc2c(n1)OC(=O)CN2. The average Bonchev–Trinajstić information content (AvgIpc) is 2.92. The minimum Gasteiger partial charge on any atom is -0.465 e. The smallest absolute Gasteiger partial charge is 0.404 e. The first-order valence-electron chi connectivity index (χ1n) is 7.27. The van der Waals surface area contributed by atoms with E-state index in [0.717, 1.165) is 0 Å². The minimum absolute atomic E-state index is 0.0228. The van der Waals surface area contributed by atoms with Crippen LogP contribution in [-0.2, 0) is 9.53 Å². The van der Waals surface area contributed by atoms with Gasteiger partial charge in [0.05, 0.1) is 24.9 Å². The molecule has 1 amide bonds. The fraction of sp³-hybridized carbons (Fsp3) is 0.500. The molecule has 2 aliphatic rings. The van der Waals surface area contributed by atoms with E-state index < -0.39 is 6.09 Å². The number of carbonyl (C=O) groups excluding carboxylic acids is 1. The Labute approximate surface area is 132 Å². The fourth-order valence-corrected chi connectivity index (χ4v) is 2.71. The van der Waals surface area contributed by atoms with Crippen LogP contribution in [-0.4, -0.2) is 61.5 Å². The topological polar surface area (TPSA) is 113 Å². The fourth-order valence-electron chi connectivity index (χ4n) is 2.71. The van der Waals surface area contributed by atoms with E-state index >= 15 is 0 Å². The number of nitrogens with one attached hydrogen (secondary N) is 2. The summed E-state index contributed by atoms with van der Waals surface area (Å²) in [6.45, 7) is 1.55. The summed E-state index contributed by atoms with van der Waals surface area (Å²) >= 11 is 0. The maximum atomic E-state index is 11.3. The summed E-state index contributed by atoms with van der Waals surface area (Å²) in [6.07, 6.45) is -1.06. The number of carbonyl (C=O) groups is 2. The number of hydrogen-bond donors (Lipinski definition) is 3. The number of hydrogen-bond acceptors (Lipinski definition) is 7. The molecule has 0 saturated carbocycles. The van der Waals surface area contributed by atoms with Gasteiger partial charge in [0, 0.05) is 19.5 Å². The van der Waals surface area contributed by atoms with E-state index in [9.17, 15) is 9.59 Å². The van der Waals surface area contributed by atoms with Crippen molar-refractivity contribution in [3.63, 3.8) is 0 Å². The van der Waals surface area contributed by atoms with Crippen molar-refractivity contribution < 1.29 is 24.2 Å². The molecule has 2 atom stereocenters. The summed E-state index contributed by atoms with van der Waals surface area (Å²) in [6, 6.07) is 3.38. The molecule has 0 aliphatic carbocycles. The van der Waals surface area contributed by atoms with Crippen molar-refractivity contribution in [3.8, 4) is 5.88 Å². The van der Waals surface area contributed by atoms with E-state index in [1.165, 1.54) is 0 Å². The van der Waals surface area contributed by atoms with Gasteiger partial charge in [0.25, 0.3) is 0 Å². The van der Waals surface area contributed by atoms with Gasteiger partial charge in [-0.05, 0) is 12.1 Å². The first-order valence-corrected chi connectivity index (χ1v) is 7.27. The van der Waals surface area contributed by atoms with Crippen molar-refractivity contribution in [1.82, 2.24) is 10.3 Å². The second-order valence-corrected chi connectivity index (χ2v) is 5.58. The summed E-state index contributed by atoms with van der Waals surface area (Å²) in [5.74, 6) is 0.545. The Bertz CT molecular complexity index is 623. The van der Waals surface area contributed by atoms with Crippen LogP contribution in [0.15, 0.2) is 12.1 Å². The lowest BCUT2D eigenvalue weighted by molar-refractivity contribution is -0.133. The zero-order chi connectivity index (χ0) is 16.4. The Kier molecular flexibility index (Phi) is 4.20. The number of pyridine rings is 1. The Morgan fingerprint density at radius 2 is 2.35 bits per heavy atom. The number of fused-ring (bicyclic) bond motifs is 1. The molecule has 23 heavy (non-hydrogen) atoms. The van der Waals surface area contributed by atoms with E-state index in [2.05, 4.69) is 15.6 Å². The monoisotopic (exact) mass is 322 g/mol. The Hall–Kier alpha value is -2.55. The van der Waals surface area contributed by atoms with Crippen molar-refractivity contribution in [3.05, 3.63) is 12.1 Å². The van der Waals surface area contributed by atoms with Gasteiger partial charge < -0.3 is 30.1 Å². The number of amides is 1. The highest BCUT2D eigenvalue weighted by atomic mass is 16.5. The molecule has 1 aromatic heterocycles. The maximum Gasteiger partial charge on any atom is 0.404 e. The number of ether oxygens (including phenoxy) is 2. The highest BCUT2D eigenvalue weighted by Gasteiger charge is 2.31. The molecule has 1 aromatic rings. The lowest BCUT2D eigenvalue weighted by Gasteiger charge is -2.26. The zero-order valence-electron chi connectivity index (χ0n) is 12.6. The van der Waals surface area contributed by atoms with Crippen molar-refractivity contribution in [2.75, 3.05) is 43.6 Å². The lowest BCUT2D eigenvalue weighted by Crippen LogP contribution is -2.43. The zero-order valence-corrected chi connectivity index (χ0v) is 12.6. The predicted molar refractivity (Wildman–Crippen MR) is 80.9 cm³/mol. The highest BCUT2D eigenvalue weighted by molar-refractivity contribution is 5.82. The summed E-state index contributed by atoms with van der Waals surface area (Å²) < 4.78 is 10.5. The van der Waals surface area contributed by atoms with Gasteiger partial charge in [-0.25, -0.2) is 9.59 Å². The van der Waals surface area contributed by atoms with Gasteiger partial charge in [-0.2, -0.15) is 4.98 Å². The molecule has 0 aromatic carbocycles. The van der Waals surface area contributed by atoms with Crippen LogP contribution in [0.3, 0.4) is 0 Å². The van der Waals surface area contributed by atoms with E-state index in [0.29, 0.717) is 31.3 Å². The van der Waals surface area contributed by atoms with Crippen molar-refractivity contribution in [2.45, 2.75) is 6.04 Å². The summed E-state index contributed by atoms with van der Waals surface area (Å²) in [7, 11) is 1.85. The second kappa shape index (κ2) is 6.29. The summed E-state index contributed by atoms with van der Waals surface area (Å²) in [5.41, 5.74) is 0.677. The molecule has 0 bridgehead atoms. The molecular formula is C14H18N4O5. The number of carboxylic acid groups (broad SMARTS) is 1. The molecule has 9 heteroatoms. The third-order valence-electron chi connectivity index (χ3n) is 3.89. The molecule has 9 nitrogen and oxygen atoms in total. The lowest BCUT2D eigenvalue weighted by atomic mass is 10.0. The van der Waals surface area contributed by atoms with Crippen LogP contribution in [0.5, 0.6) is 5.88 Å². The highest BCUT2D eigenvalue weighted by Crippen LogP contribution is 2.28. The first kappa shape index (κ1) is 15.3. The van der Waals surface area contributed by atoms with Crippen LogP contribution in [0, 0.1) is 5.92 Å². The van der Waals surface area contributed by atoms with Crippen LogP contribution < -0.4 is 20.3 Å². The van der Waals surface area contributed by atoms with E-state index in [4.69, 9.17) is 14.6 Å². The Morgan fingerprint density at radius 1 is 1.52 bits per heavy atom. The molecular weight excluding hydrogens is 304 g/mol. The van der Waals surface area contributed by atoms with Gasteiger partial charge in [0.15, 0.2) is 0 Å².